The van der Waals surface area contributed by atoms with Crippen LogP contribution in [0.5, 0.6) is 0 Å². The van der Waals surface area contributed by atoms with Crippen LogP contribution in [-0.4, -0.2) is 37.0 Å². The van der Waals surface area contributed by atoms with Crippen LogP contribution in [0, 0.1) is 0 Å². The number of thioether (sulfide) groups is 1. The fraction of sp³-hybridized carbons (Fsp3) is 0.294. The molecule has 104 valence electrons. The number of rotatable bonds is 4. The summed E-state index contributed by atoms with van der Waals surface area (Å²) in [5.74, 6) is 1.09. The van der Waals surface area contributed by atoms with Crippen molar-refractivity contribution in [2.75, 3.05) is 37.0 Å². The number of hydrogen-bond donors (Lipinski definition) is 0. The summed E-state index contributed by atoms with van der Waals surface area (Å²) in [6.07, 6.45) is 0. The van der Waals surface area contributed by atoms with Gasteiger partial charge in [-0.05, 0) is 24.3 Å². The van der Waals surface area contributed by atoms with E-state index in [2.05, 4.69) is 70.5 Å². The van der Waals surface area contributed by atoms with Crippen LogP contribution < -0.4 is 4.90 Å². The lowest BCUT2D eigenvalue weighted by molar-refractivity contribution is 0.301. The number of benzene rings is 2. The van der Waals surface area contributed by atoms with Crippen molar-refractivity contribution in [2.45, 2.75) is 4.90 Å². The zero-order chi connectivity index (χ0) is 13.6. The van der Waals surface area contributed by atoms with E-state index in [0.29, 0.717) is 0 Å². The number of piperazine rings is 1. The lowest BCUT2D eigenvalue weighted by atomic mass is 10.2. The predicted octanol–water partition coefficient (Wildman–Crippen LogP) is 3.56. The van der Waals surface area contributed by atoms with E-state index in [1.165, 1.54) is 10.6 Å². The van der Waals surface area contributed by atoms with Crippen LogP contribution in [0.2, 0.25) is 0 Å². The second-order valence-corrected chi connectivity index (χ2v) is 6.05. The Morgan fingerprint density at radius 2 is 1.35 bits per heavy atom. The van der Waals surface area contributed by atoms with Gasteiger partial charge < -0.3 is 4.90 Å². The fourth-order valence-electron chi connectivity index (χ4n) is 2.46. The van der Waals surface area contributed by atoms with Crippen molar-refractivity contribution in [1.29, 1.82) is 0 Å². The van der Waals surface area contributed by atoms with E-state index >= 15 is 0 Å². The minimum absolute atomic E-state index is 1.09. The molecule has 0 aliphatic carbocycles. The molecule has 0 saturated carbocycles. The molecule has 0 aromatic heterocycles. The summed E-state index contributed by atoms with van der Waals surface area (Å²) in [4.78, 5) is 6.37. The van der Waals surface area contributed by atoms with Crippen molar-refractivity contribution in [3.8, 4) is 0 Å². The maximum Gasteiger partial charge on any atom is 0.0493 e. The minimum Gasteiger partial charge on any atom is -0.369 e. The third-order valence-corrected chi connectivity index (χ3v) is 4.75. The molecule has 2 aromatic carbocycles. The summed E-state index contributed by atoms with van der Waals surface area (Å²) in [5, 5.41) is 0. The average Bonchev–Trinajstić information content (AvgIpc) is 2.55. The Bertz CT molecular complexity index is 507. The summed E-state index contributed by atoms with van der Waals surface area (Å²) in [7, 11) is 0. The molecule has 0 bridgehead atoms. The van der Waals surface area contributed by atoms with Gasteiger partial charge in [0.05, 0.1) is 0 Å². The molecule has 1 aliphatic rings. The molecule has 0 N–H and O–H groups in total. The van der Waals surface area contributed by atoms with Gasteiger partial charge in [-0.1, -0.05) is 36.4 Å². The Morgan fingerprint density at radius 3 is 2.00 bits per heavy atom. The van der Waals surface area contributed by atoms with Crippen molar-refractivity contribution in [3.05, 3.63) is 60.7 Å². The molecule has 2 nitrogen and oxygen atoms in total. The topological polar surface area (TPSA) is 6.48 Å². The zero-order valence-electron chi connectivity index (χ0n) is 11.6. The predicted molar refractivity (Wildman–Crippen MR) is 87.4 cm³/mol. The van der Waals surface area contributed by atoms with Gasteiger partial charge in [0.15, 0.2) is 0 Å². The van der Waals surface area contributed by atoms with Crippen LogP contribution in [0.25, 0.3) is 0 Å². The Hall–Kier alpha value is -1.45. The fourth-order valence-corrected chi connectivity index (χ4v) is 3.40. The monoisotopic (exact) mass is 284 g/mol. The Balaban J connectivity index is 1.47. The SMILES string of the molecule is c1ccc(SCN2CCN(c3ccccc3)CC2)cc1. The molecule has 3 heteroatoms. The standard InChI is InChI=1S/C17H20N2S/c1-3-7-16(8-4-1)19-13-11-18(12-14-19)15-20-17-9-5-2-6-10-17/h1-10H,11-15H2. The zero-order valence-corrected chi connectivity index (χ0v) is 12.4. The van der Waals surface area contributed by atoms with Gasteiger partial charge >= 0.3 is 0 Å². The number of nitrogens with zero attached hydrogens (tertiary/aromatic N) is 2. The first-order valence-corrected chi connectivity index (χ1v) is 8.10. The third-order valence-electron chi connectivity index (χ3n) is 3.65. The van der Waals surface area contributed by atoms with Gasteiger partial charge in [0.1, 0.15) is 0 Å². The molecular weight excluding hydrogens is 264 g/mol. The number of para-hydroxylation sites is 1. The quantitative estimate of drug-likeness (QED) is 0.793. The summed E-state index contributed by atoms with van der Waals surface area (Å²) >= 11 is 1.93. The summed E-state index contributed by atoms with van der Waals surface area (Å²) < 4.78 is 0. The highest BCUT2D eigenvalue weighted by Gasteiger charge is 2.16. The van der Waals surface area contributed by atoms with Crippen LogP contribution in [0.4, 0.5) is 5.69 Å². The first-order valence-electron chi connectivity index (χ1n) is 7.12. The van der Waals surface area contributed by atoms with Gasteiger partial charge in [-0.25, -0.2) is 0 Å². The van der Waals surface area contributed by atoms with E-state index in [9.17, 15) is 0 Å². The average molecular weight is 284 g/mol. The maximum atomic E-state index is 2.54. The molecule has 2 aromatic rings. The van der Waals surface area contributed by atoms with Crippen molar-refractivity contribution in [3.63, 3.8) is 0 Å². The largest absolute Gasteiger partial charge is 0.369 e. The van der Waals surface area contributed by atoms with Crippen molar-refractivity contribution < 1.29 is 0 Å². The molecule has 0 unspecified atom stereocenters. The molecular formula is C17H20N2S. The van der Waals surface area contributed by atoms with E-state index in [1.54, 1.807) is 0 Å². The second-order valence-electron chi connectivity index (χ2n) is 5.03. The first kappa shape index (κ1) is 13.5. The molecule has 20 heavy (non-hydrogen) atoms. The maximum absolute atomic E-state index is 2.54. The van der Waals surface area contributed by atoms with Crippen molar-refractivity contribution >= 4 is 17.4 Å². The summed E-state index contributed by atoms with van der Waals surface area (Å²) in [6, 6.07) is 21.4. The Labute approximate surface area is 125 Å². The van der Waals surface area contributed by atoms with Gasteiger partial charge in [0, 0.05) is 42.6 Å². The van der Waals surface area contributed by atoms with Gasteiger partial charge in [-0.3, -0.25) is 4.90 Å². The summed E-state index contributed by atoms with van der Waals surface area (Å²) in [6.45, 7) is 4.54. The summed E-state index contributed by atoms with van der Waals surface area (Å²) in [5.41, 5.74) is 1.35. The lowest BCUT2D eigenvalue weighted by Crippen LogP contribution is -2.46. The van der Waals surface area contributed by atoms with Gasteiger partial charge in [-0.15, -0.1) is 11.8 Å². The molecule has 0 spiro atoms. The van der Waals surface area contributed by atoms with Crippen LogP contribution in [0.3, 0.4) is 0 Å². The van der Waals surface area contributed by atoms with Crippen molar-refractivity contribution in [1.82, 2.24) is 4.90 Å². The number of anilines is 1. The lowest BCUT2D eigenvalue weighted by Gasteiger charge is -2.35. The Kier molecular flexibility index (Phi) is 4.61. The molecule has 3 rings (SSSR count). The second kappa shape index (κ2) is 6.82. The van der Waals surface area contributed by atoms with E-state index < -0.39 is 0 Å². The molecule has 0 amide bonds. The van der Waals surface area contributed by atoms with E-state index in [0.717, 1.165) is 32.1 Å². The van der Waals surface area contributed by atoms with Crippen molar-refractivity contribution in [2.24, 2.45) is 0 Å². The van der Waals surface area contributed by atoms with Gasteiger partial charge in [-0.2, -0.15) is 0 Å². The van der Waals surface area contributed by atoms with Crippen LogP contribution >= 0.6 is 11.8 Å². The molecule has 1 heterocycles. The van der Waals surface area contributed by atoms with Crippen LogP contribution in [0.15, 0.2) is 65.6 Å². The van der Waals surface area contributed by atoms with Crippen LogP contribution in [-0.2, 0) is 0 Å². The highest BCUT2D eigenvalue weighted by Crippen LogP contribution is 2.20. The van der Waals surface area contributed by atoms with E-state index in [4.69, 9.17) is 0 Å². The third kappa shape index (κ3) is 3.56. The van der Waals surface area contributed by atoms with E-state index in [1.807, 2.05) is 11.8 Å². The van der Waals surface area contributed by atoms with Gasteiger partial charge in [0.25, 0.3) is 0 Å². The Morgan fingerprint density at radius 1 is 0.750 bits per heavy atom. The smallest absolute Gasteiger partial charge is 0.0493 e. The first-order chi connectivity index (χ1) is 9.92. The normalized spacial score (nSPS) is 16.3. The van der Waals surface area contributed by atoms with Crippen LogP contribution in [0.1, 0.15) is 0 Å². The highest BCUT2D eigenvalue weighted by atomic mass is 32.2. The molecule has 1 fully saturated rings. The highest BCUT2D eigenvalue weighted by molar-refractivity contribution is 7.99. The molecule has 1 saturated heterocycles. The van der Waals surface area contributed by atoms with E-state index in [-0.39, 0.29) is 0 Å². The molecule has 0 atom stereocenters. The minimum atomic E-state index is 1.09. The number of hydrogen-bond acceptors (Lipinski definition) is 3. The molecule has 0 radical (unpaired) electrons. The molecule has 1 aliphatic heterocycles. The van der Waals surface area contributed by atoms with Gasteiger partial charge in [0.2, 0.25) is 0 Å².